The molecule has 1 fully saturated rings. The number of nitrogens with one attached hydrogen (secondary N) is 1. The Balaban J connectivity index is 1.42. The predicted molar refractivity (Wildman–Crippen MR) is 99.3 cm³/mol. The Bertz CT molecular complexity index is 643. The zero-order chi connectivity index (χ0) is 16.8. The minimum Gasteiger partial charge on any atom is -0.325 e. The number of para-hydroxylation sites is 1. The van der Waals surface area contributed by atoms with Crippen LogP contribution in [0.2, 0.25) is 0 Å². The average molecular weight is 322 g/mol. The van der Waals surface area contributed by atoms with Gasteiger partial charge in [0.25, 0.3) is 0 Å². The molecule has 3 heteroatoms. The molecule has 1 saturated heterocycles. The van der Waals surface area contributed by atoms with Gasteiger partial charge in [0.1, 0.15) is 0 Å². The van der Waals surface area contributed by atoms with Crippen LogP contribution in [-0.4, -0.2) is 24.0 Å². The Morgan fingerprint density at radius 2 is 1.71 bits per heavy atom. The molecule has 126 valence electrons. The summed E-state index contributed by atoms with van der Waals surface area (Å²) in [5, 5.41) is 2.98. The number of likely N-dealkylation sites (tertiary alicyclic amines) is 1. The van der Waals surface area contributed by atoms with E-state index in [1.54, 1.807) is 0 Å². The molecule has 0 saturated carbocycles. The Hall–Kier alpha value is -2.29. The fourth-order valence-corrected chi connectivity index (χ4v) is 3.27. The number of piperidine rings is 1. The zero-order valence-corrected chi connectivity index (χ0v) is 14.4. The molecular weight excluding hydrogens is 296 g/mol. The van der Waals surface area contributed by atoms with Crippen molar-refractivity contribution in [3.05, 3.63) is 65.7 Å². The van der Waals surface area contributed by atoms with Gasteiger partial charge in [-0.05, 0) is 56.2 Å². The van der Waals surface area contributed by atoms with Gasteiger partial charge in [0.2, 0.25) is 0 Å². The lowest BCUT2D eigenvalue weighted by atomic mass is 9.90. The normalized spacial score (nSPS) is 15.3. The summed E-state index contributed by atoms with van der Waals surface area (Å²) >= 11 is 0. The number of aryl methyl sites for hydroxylation is 2. The van der Waals surface area contributed by atoms with Gasteiger partial charge >= 0.3 is 6.03 Å². The van der Waals surface area contributed by atoms with E-state index in [0.717, 1.165) is 44.0 Å². The number of urea groups is 1. The van der Waals surface area contributed by atoms with Gasteiger partial charge in [-0.15, -0.1) is 0 Å². The molecule has 24 heavy (non-hydrogen) atoms. The van der Waals surface area contributed by atoms with E-state index in [2.05, 4.69) is 36.5 Å². The van der Waals surface area contributed by atoms with Crippen molar-refractivity contribution in [2.24, 2.45) is 5.92 Å². The molecule has 1 N–H and O–H groups in total. The molecule has 0 aromatic heterocycles. The van der Waals surface area contributed by atoms with E-state index in [0.29, 0.717) is 0 Å². The van der Waals surface area contributed by atoms with Crippen LogP contribution < -0.4 is 5.32 Å². The number of anilines is 1. The molecule has 2 aromatic rings. The van der Waals surface area contributed by atoms with Crippen molar-refractivity contribution in [3.63, 3.8) is 0 Å². The van der Waals surface area contributed by atoms with E-state index >= 15 is 0 Å². The number of amides is 2. The lowest BCUT2D eigenvalue weighted by Crippen LogP contribution is -2.41. The summed E-state index contributed by atoms with van der Waals surface area (Å²) in [5.74, 6) is 0.729. The van der Waals surface area contributed by atoms with E-state index in [4.69, 9.17) is 0 Å². The standard InChI is InChI=1S/C21H26N2O/c1-17-7-9-18(10-8-17)11-12-19-13-15-23(16-14-19)21(24)22-20-5-3-2-4-6-20/h2-10,19H,11-16H2,1H3,(H,22,24). The average Bonchev–Trinajstić information content (AvgIpc) is 2.62. The number of nitrogens with zero attached hydrogens (tertiary/aromatic N) is 1. The molecule has 0 radical (unpaired) electrons. The highest BCUT2D eigenvalue weighted by atomic mass is 16.2. The van der Waals surface area contributed by atoms with Crippen LogP contribution in [0, 0.1) is 12.8 Å². The van der Waals surface area contributed by atoms with Gasteiger partial charge in [0.15, 0.2) is 0 Å². The first-order chi connectivity index (χ1) is 11.7. The molecule has 3 nitrogen and oxygen atoms in total. The van der Waals surface area contributed by atoms with Crippen LogP contribution in [0.15, 0.2) is 54.6 Å². The molecule has 2 aromatic carbocycles. The molecule has 1 aliphatic rings. The maximum atomic E-state index is 12.3. The number of benzene rings is 2. The molecule has 0 aliphatic carbocycles. The summed E-state index contributed by atoms with van der Waals surface area (Å²) in [6, 6.07) is 18.5. The topological polar surface area (TPSA) is 32.3 Å². The van der Waals surface area contributed by atoms with E-state index in [-0.39, 0.29) is 6.03 Å². The summed E-state index contributed by atoms with van der Waals surface area (Å²) in [4.78, 5) is 14.2. The van der Waals surface area contributed by atoms with Crippen LogP contribution in [0.5, 0.6) is 0 Å². The van der Waals surface area contributed by atoms with Crippen LogP contribution in [0.4, 0.5) is 10.5 Å². The minimum absolute atomic E-state index is 0.0261. The Morgan fingerprint density at radius 1 is 1.04 bits per heavy atom. The smallest absolute Gasteiger partial charge is 0.321 e. The summed E-state index contributed by atoms with van der Waals surface area (Å²) in [6.07, 6.45) is 4.57. The van der Waals surface area contributed by atoms with Crippen molar-refractivity contribution >= 4 is 11.7 Å². The van der Waals surface area contributed by atoms with Crippen molar-refractivity contribution in [3.8, 4) is 0 Å². The third kappa shape index (κ3) is 4.60. The second-order valence-electron chi connectivity index (χ2n) is 6.75. The quantitative estimate of drug-likeness (QED) is 0.855. The van der Waals surface area contributed by atoms with E-state index < -0.39 is 0 Å². The first-order valence-electron chi connectivity index (χ1n) is 8.87. The zero-order valence-electron chi connectivity index (χ0n) is 14.4. The van der Waals surface area contributed by atoms with Crippen LogP contribution in [0.3, 0.4) is 0 Å². The Labute approximate surface area is 144 Å². The van der Waals surface area contributed by atoms with Crippen molar-refractivity contribution in [2.75, 3.05) is 18.4 Å². The number of carbonyl (C=O) groups is 1. The van der Waals surface area contributed by atoms with Crippen molar-refractivity contribution in [1.82, 2.24) is 4.90 Å². The number of rotatable bonds is 4. The summed E-state index contributed by atoms with van der Waals surface area (Å²) in [5.41, 5.74) is 3.60. The SMILES string of the molecule is Cc1ccc(CCC2CCN(C(=O)Nc3ccccc3)CC2)cc1. The highest BCUT2D eigenvalue weighted by Crippen LogP contribution is 2.23. The predicted octanol–water partition coefficient (Wildman–Crippen LogP) is 4.87. The fraction of sp³-hybridized carbons (Fsp3) is 0.381. The molecule has 1 aliphatic heterocycles. The maximum absolute atomic E-state index is 12.3. The van der Waals surface area contributed by atoms with Crippen LogP contribution in [0.25, 0.3) is 0 Å². The number of carbonyl (C=O) groups excluding carboxylic acids is 1. The van der Waals surface area contributed by atoms with Gasteiger partial charge < -0.3 is 10.2 Å². The molecule has 0 bridgehead atoms. The lowest BCUT2D eigenvalue weighted by Gasteiger charge is -2.32. The summed E-state index contributed by atoms with van der Waals surface area (Å²) < 4.78 is 0. The van der Waals surface area contributed by atoms with Crippen molar-refractivity contribution in [2.45, 2.75) is 32.6 Å². The first kappa shape index (κ1) is 16.6. The van der Waals surface area contributed by atoms with E-state index in [1.165, 1.54) is 17.5 Å². The summed E-state index contributed by atoms with van der Waals surface area (Å²) in [7, 11) is 0. The molecule has 0 atom stereocenters. The van der Waals surface area contributed by atoms with Gasteiger partial charge in [-0.2, -0.15) is 0 Å². The number of hydrogen-bond donors (Lipinski definition) is 1. The molecular formula is C21H26N2O. The third-order valence-corrected chi connectivity index (χ3v) is 4.89. The highest BCUT2D eigenvalue weighted by molar-refractivity contribution is 5.89. The maximum Gasteiger partial charge on any atom is 0.321 e. The van der Waals surface area contributed by atoms with Gasteiger partial charge in [0, 0.05) is 18.8 Å². The monoisotopic (exact) mass is 322 g/mol. The van der Waals surface area contributed by atoms with E-state index in [9.17, 15) is 4.79 Å². The van der Waals surface area contributed by atoms with Gasteiger partial charge in [-0.1, -0.05) is 48.0 Å². The molecule has 1 heterocycles. The van der Waals surface area contributed by atoms with Gasteiger partial charge in [0.05, 0.1) is 0 Å². The Kier molecular flexibility index (Phi) is 5.52. The molecule has 2 amide bonds. The highest BCUT2D eigenvalue weighted by Gasteiger charge is 2.22. The number of hydrogen-bond acceptors (Lipinski definition) is 1. The second-order valence-corrected chi connectivity index (χ2v) is 6.75. The van der Waals surface area contributed by atoms with Gasteiger partial charge in [-0.3, -0.25) is 0 Å². The van der Waals surface area contributed by atoms with Crippen molar-refractivity contribution < 1.29 is 4.79 Å². The Morgan fingerprint density at radius 3 is 2.38 bits per heavy atom. The van der Waals surface area contributed by atoms with Crippen LogP contribution in [0.1, 0.15) is 30.4 Å². The van der Waals surface area contributed by atoms with Crippen LogP contribution in [-0.2, 0) is 6.42 Å². The second kappa shape index (κ2) is 8.00. The first-order valence-corrected chi connectivity index (χ1v) is 8.87. The van der Waals surface area contributed by atoms with Gasteiger partial charge in [-0.25, -0.2) is 4.79 Å². The fourth-order valence-electron chi connectivity index (χ4n) is 3.27. The molecule has 3 rings (SSSR count). The minimum atomic E-state index is 0.0261. The van der Waals surface area contributed by atoms with E-state index in [1.807, 2.05) is 35.2 Å². The largest absolute Gasteiger partial charge is 0.325 e. The van der Waals surface area contributed by atoms with Crippen LogP contribution >= 0.6 is 0 Å². The summed E-state index contributed by atoms with van der Waals surface area (Å²) in [6.45, 7) is 3.84. The lowest BCUT2D eigenvalue weighted by molar-refractivity contribution is 0.180. The molecule has 0 spiro atoms. The van der Waals surface area contributed by atoms with Crippen molar-refractivity contribution in [1.29, 1.82) is 0 Å². The molecule has 0 unspecified atom stereocenters. The third-order valence-electron chi connectivity index (χ3n) is 4.89.